The molecule has 1 aromatic heterocycles. The molecule has 1 N–H and O–H groups in total. The van der Waals surface area contributed by atoms with Gasteiger partial charge in [-0.1, -0.05) is 43.7 Å². The SMILES string of the molecule is CCCCN(C)C(=O)COc1cc(O)c2c(=O)cc(-c3ccccc3)oc2c1. The third-order valence-electron chi connectivity index (χ3n) is 4.48. The van der Waals surface area contributed by atoms with Crippen molar-refractivity contribution in [3.63, 3.8) is 0 Å². The Morgan fingerprint density at radius 3 is 2.64 bits per heavy atom. The zero-order valence-corrected chi connectivity index (χ0v) is 16.0. The number of phenolic OH excluding ortho intramolecular Hbond substituents is 1. The van der Waals surface area contributed by atoms with Crippen LogP contribution in [0.3, 0.4) is 0 Å². The molecule has 0 fully saturated rings. The fraction of sp³-hybridized carbons (Fsp3) is 0.273. The van der Waals surface area contributed by atoms with Gasteiger partial charge in [-0.2, -0.15) is 0 Å². The number of rotatable bonds is 7. The molecule has 0 atom stereocenters. The van der Waals surface area contributed by atoms with Crippen molar-refractivity contribution in [3.8, 4) is 22.8 Å². The maximum absolute atomic E-state index is 12.4. The van der Waals surface area contributed by atoms with Gasteiger partial charge in [0.1, 0.15) is 28.2 Å². The molecule has 6 heteroatoms. The first-order valence-corrected chi connectivity index (χ1v) is 9.22. The van der Waals surface area contributed by atoms with Gasteiger partial charge < -0.3 is 19.2 Å². The van der Waals surface area contributed by atoms with Crippen LogP contribution in [0.4, 0.5) is 0 Å². The van der Waals surface area contributed by atoms with Gasteiger partial charge in [-0.25, -0.2) is 0 Å². The number of aromatic hydroxyl groups is 1. The number of unbranched alkanes of at least 4 members (excludes halogenated alkanes) is 1. The zero-order valence-electron chi connectivity index (χ0n) is 16.0. The Hall–Kier alpha value is -3.28. The van der Waals surface area contributed by atoms with E-state index in [0.717, 1.165) is 18.4 Å². The maximum atomic E-state index is 12.4. The Balaban J connectivity index is 1.87. The van der Waals surface area contributed by atoms with Crippen LogP contribution in [-0.4, -0.2) is 36.1 Å². The predicted octanol–water partition coefficient (Wildman–Crippen LogP) is 3.80. The summed E-state index contributed by atoms with van der Waals surface area (Å²) in [6.45, 7) is 2.56. The summed E-state index contributed by atoms with van der Waals surface area (Å²) in [4.78, 5) is 26.2. The highest BCUT2D eigenvalue weighted by molar-refractivity contribution is 5.86. The van der Waals surface area contributed by atoms with Gasteiger partial charge in [0.2, 0.25) is 0 Å². The minimum atomic E-state index is -0.348. The molecule has 1 amide bonds. The second-order valence-electron chi connectivity index (χ2n) is 6.61. The third-order valence-corrected chi connectivity index (χ3v) is 4.48. The third kappa shape index (κ3) is 4.34. The van der Waals surface area contributed by atoms with Crippen LogP contribution in [0.1, 0.15) is 19.8 Å². The Kier molecular flexibility index (Phi) is 5.99. The van der Waals surface area contributed by atoms with Crippen LogP contribution in [-0.2, 0) is 4.79 Å². The van der Waals surface area contributed by atoms with E-state index >= 15 is 0 Å². The highest BCUT2D eigenvalue weighted by Crippen LogP contribution is 2.31. The van der Waals surface area contributed by atoms with Crippen LogP contribution < -0.4 is 10.2 Å². The predicted molar refractivity (Wildman–Crippen MR) is 108 cm³/mol. The summed E-state index contributed by atoms with van der Waals surface area (Å²) >= 11 is 0. The Bertz CT molecular complexity index is 1030. The number of hydrogen-bond acceptors (Lipinski definition) is 5. The van der Waals surface area contributed by atoms with Gasteiger partial charge in [-0.15, -0.1) is 0 Å². The van der Waals surface area contributed by atoms with Crippen molar-refractivity contribution >= 4 is 16.9 Å². The number of nitrogens with zero attached hydrogens (tertiary/aromatic N) is 1. The fourth-order valence-electron chi connectivity index (χ4n) is 2.85. The van der Waals surface area contributed by atoms with Crippen molar-refractivity contribution < 1.29 is 19.1 Å². The van der Waals surface area contributed by atoms with Gasteiger partial charge in [-0.3, -0.25) is 9.59 Å². The molecule has 3 rings (SSSR count). The monoisotopic (exact) mass is 381 g/mol. The van der Waals surface area contributed by atoms with E-state index in [-0.39, 0.29) is 40.4 Å². The standard InChI is InChI=1S/C22H23NO5/c1-3-4-10-23(2)21(26)14-27-16-11-17(24)22-18(25)13-19(28-20(22)12-16)15-8-6-5-7-9-15/h5-9,11-13,24H,3-4,10,14H2,1-2H3. The van der Waals surface area contributed by atoms with E-state index in [0.29, 0.717) is 12.3 Å². The molecule has 0 saturated heterocycles. The molecule has 0 radical (unpaired) electrons. The van der Waals surface area contributed by atoms with Crippen LogP contribution in [0, 0.1) is 0 Å². The lowest BCUT2D eigenvalue weighted by molar-refractivity contribution is -0.132. The second-order valence-corrected chi connectivity index (χ2v) is 6.61. The number of ether oxygens (including phenoxy) is 1. The second kappa shape index (κ2) is 8.61. The molecular formula is C22H23NO5. The van der Waals surface area contributed by atoms with E-state index in [4.69, 9.17) is 9.15 Å². The molecule has 0 aliphatic rings. The molecule has 0 unspecified atom stereocenters. The molecular weight excluding hydrogens is 358 g/mol. The lowest BCUT2D eigenvalue weighted by atomic mass is 10.1. The van der Waals surface area contributed by atoms with E-state index in [1.807, 2.05) is 30.3 Å². The van der Waals surface area contributed by atoms with Gasteiger partial charge in [0.15, 0.2) is 12.0 Å². The first-order valence-electron chi connectivity index (χ1n) is 9.22. The number of phenols is 1. The molecule has 6 nitrogen and oxygen atoms in total. The average Bonchev–Trinajstić information content (AvgIpc) is 2.70. The molecule has 0 bridgehead atoms. The van der Waals surface area contributed by atoms with Gasteiger partial charge >= 0.3 is 0 Å². The van der Waals surface area contributed by atoms with Crippen LogP contribution in [0.5, 0.6) is 11.5 Å². The fourth-order valence-corrected chi connectivity index (χ4v) is 2.85. The maximum Gasteiger partial charge on any atom is 0.260 e. The average molecular weight is 381 g/mol. The highest BCUT2D eigenvalue weighted by Gasteiger charge is 2.14. The lowest BCUT2D eigenvalue weighted by Gasteiger charge is -2.17. The van der Waals surface area contributed by atoms with E-state index in [9.17, 15) is 14.7 Å². The molecule has 0 spiro atoms. The van der Waals surface area contributed by atoms with E-state index in [1.54, 1.807) is 11.9 Å². The lowest BCUT2D eigenvalue weighted by Crippen LogP contribution is -2.32. The molecule has 0 aliphatic heterocycles. The summed E-state index contributed by atoms with van der Waals surface area (Å²) in [5.74, 6) is 0.251. The molecule has 2 aromatic carbocycles. The Labute approximate surface area is 163 Å². The van der Waals surface area contributed by atoms with Crippen LogP contribution in [0.25, 0.3) is 22.3 Å². The van der Waals surface area contributed by atoms with E-state index in [1.165, 1.54) is 18.2 Å². The molecule has 28 heavy (non-hydrogen) atoms. The highest BCUT2D eigenvalue weighted by atomic mass is 16.5. The first kappa shape index (κ1) is 19.5. The van der Waals surface area contributed by atoms with Crippen molar-refractivity contribution in [3.05, 3.63) is 58.8 Å². The summed E-state index contributed by atoms with van der Waals surface area (Å²) in [5.41, 5.74) is 0.604. The largest absolute Gasteiger partial charge is 0.507 e. The summed E-state index contributed by atoms with van der Waals surface area (Å²) in [6, 6.07) is 13.4. The number of amides is 1. The number of fused-ring (bicyclic) bond motifs is 1. The normalized spacial score (nSPS) is 10.8. The van der Waals surface area contributed by atoms with Gasteiger partial charge in [0.25, 0.3) is 5.91 Å². The Morgan fingerprint density at radius 1 is 1.18 bits per heavy atom. The van der Waals surface area contributed by atoms with Crippen molar-refractivity contribution in [1.29, 1.82) is 0 Å². The molecule has 3 aromatic rings. The van der Waals surface area contributed by atoms with Crippen molar-refractivity contribution in [2.75, 3.05) is 20.2 Å². The topological polar surface area (TPSA) is 80.0 Å². The quantitative estimate of drug-likeness (QED) is 0.673. The minimum Gasteiger partial charge on any atom is -0.507 e. The summed E-state index contributed by atoms with van der Waals surface area (Å²) < 4.78 is 11.4. The van der Waals surface area contributed by atoms with Crippen molar-refractivity contribution in [1.82, 2.24) is 4.90 Å². The van der Waals surface area contributed by atoms with E-state index < -0.39 is 0 Å². The number of carbonyl (C=O) groups is 1. The summed E-state index contributed by atoms with van der Waals surface area (Å²) in [5, 5.41) is 10.3. The molecule has 0 saturated carbocycles. The van der Waals surface area contributed by atoms with E-state index in [2.05, 4.69) is 6.92 Å². The smallest absolute Gasteiger partial charge is 0.260 e. The number of hydrogen-bond donors (Lipinski definition) is 1. The number of likely N-dealkylation sites (N-methyl/N-ethyl adjacent to an activating group) is 1. The van der Waals surface area contributed by atoms with Crippen molar-refractivity contribution in [2.45, 2.75) is 19.8 Å². The van der Waals surface area contributed by atoms with Crippen molar-refractivity contribution in [2.24, 2.45) is 0 Å². The zero-order chi connectivity index (χ0) is 20.1. The Morgan fingerprint density at radius 2 is 1.93 bits per heavy atom. The number of benzene rings is 2. The molecule has 146 valence electrons. The van der Waals surface area contributed by atoms with Gasteiger partial charge in [0.05, 0.1) is 0 Å². The van der Waals surface area contributed by atoms with Crippen LogP contribution in [0.15, 0.2) is 57.7 Å². The summed E-state index contributed by atoms with van der Waals surface area (Å²) in [6.07, 6.45) is 1.92. The number of carbonyl (C=O) groups excluding carboxylic acids is 1. The van der Waals surface area contributed by atoms with Crippen LogP contribution in [0.2, 0.25) is 0 Å². The first-order chi connectivity index (χ1) is 13.5. The molecule has 1 heterocycles. The van der Waals surface area contributed by atoms with Crippen LogP contribution >= 0.6 is 0 Å². The summed E-state index contributed by atoms with van der Waals surface area (Å²) in [7, 11) is 1.73. The molecule has 0 aliphatic carbocycles. The minimum absolute atomic E-state index is 0.0819. The van der Waals surface area contributed by atoms with Gasteiger partial charge in [0, 0.05) is 37.4 Å². The van der Waals surface area contributed by atoms with Gasteiger partial charge in [-0.05, 0) is 6.42 Å².